The molecular weight excluding hydrogens is 402 g/mol. The van der Waals surface area contributed by atoms with Crippen molar-refractivity contribution in [1.29, 1.82) is 0 Å². The number of fused-ring (bicyclic) bond motifs is 1. The third kappa shape index (κ3) is 3.70. The molecule has 2 aromatic heterocycles. The van der Waals surface area contributed by atoms with Crippen molar-refractivity contribution in [2.75, 3.05) is 13.4 Å². The van der Waals surface area contributed by atoms with E-state index in [4.69, 9.17) is 9.26 Å². The Morgan fingerprint density at radius 1 is 1.20 bits per heavy atom. The van der Waals surface area contributed by atoms with Crippen LogP contribution < -0.4 is 4.74 Å². The van der Waals surface area contributed by atoms with Crippen LogP contribution in [-0.4, -0.2) is 36.5 Å². The van der Waals surface area contributed by atoms with Crippen molar-refractivity contribution in [2.45, 2.75) is 24.2 Å². The zero-order chi connectivity index (χ0) is 21.5. The molecule has 0 bridgehead atoms. The first kappa shape index (κ1) is 20.2. The van der Waals surface area contributed by atoms with Crippen LogP contribution in [0.2, 0.25) is 0 Å². The number of methoxy groups -OCH3 is 1. The normalized spacial score (nSPS) is 12.9. The number of sulfone groups is 1. The zero-order valence-electron chi connectivity index (χ0n) is 17.3. The summed E-state index contributed by atoms with van der Waals surface area (Å²) >= 11 is 0. The fraction of sp³-hybridized carbons (Fsp3) is 0.273. The van der Waals surface area contributed by atoms with Crippen LogP contribution in [0.3, 0.4) is 0 Å². The van der Waals surface area contributed by atoms with Crippen LogP contribution in [0, 0.1) is 0 Å². The first-order chi connectivity index (χ1) is 14.3. The van der Waals surface area contributed by atoms with E-state index in [0.29, 0.717) is 23.9 Å². The average molecular weight is 426 g/mol. The molecule has 0 unspecified atom stereocenters. The molecule has 0 saturated heterocycles. The number of para-hydroxylation sites is 1. The Kier molecular flexibility index (Phi) is 5.11. The summed E-state index contributed by atoms with van der Waals surface area (Å²) in [6, 6.07) is 13.2. The molecule has 0 saturated carbocycles. The van der Waals surface area contributed by atoms with Crippen LogP contribution in [0.1, 0.15) is 35.7 Å². The van der Waals surface area contributed by atoms with Gasteiger partial charge in [0.1, 0.15) is 10.6 Å². The first-order valence-electron chi connectivity index (χ1n) is 9.51. The van der Waals surface area contributed by atoms with E-state index in [0.717, 1.165) is 28.3 Å². The minimum atomic E-state index is -3.37. The van der Waals surface area contributed by atoms with Crippen molar-refractivity contribution in [3.8, 4) is 5.75 Å². The highest BCUT2D eigenvalue weighted by Crippen LogP contribution is 2.31. The van der Waals surface area contributed by atoms with Gasteiger partial charge in [0, 0.05) is 36.8 Å². The van der Waals surface area contributed by atoms with Crippen molar-refractivity contribution in [1.82, 2.24) is 14.7 Å². The van der Waals surface area contributed by atoms with Gasteiger partial charge in [0.25, 0.3) is 0 Å². The molecule has 156 valence electrons. The van der Waals surface area contributed by atoms with E-state index >= 15 is 0 Å². The zero-order valence-corrected chi connectivity index (χ0v) is 18.1. The summed E-state index contributed by atoms with van der Waals surface area (Å²) in [6.07, 6.45) is 3.66. The number of ether oxygens (including phenoxy) is 1. The molecule has 2 aromatic carbocycles. The summed E-state index contributed by atoms with van der Waals surface area (Å²) in [5.74, 6) is 1.33. The quantitative estimate of drug-likeness (QED) is 0.468. The monoisotopic (exact) mass is 425 g/mol. The summed E-state index contributed by atoms with van der Waals surface area (Å²) in [5, 5.41) is 5.28. The van der Waals surface area contributed by atoms with Gasteiger partial charge in [-0.25, -0.2) is 8.42 Å². The van der Waals surface area contributed by atoms with Gasteiger partial charge in [-0.05, 0) is 36.2 Å². The van der Waals surface area contributed by atoms with E-state index in [1.807, 2.05) is 26.1 Å². The maximum Gasteiger partial charge on any atom is 0.233 e. The Morgan fingerprint density at radius 3 is 2.70 bits per heavy atom. The Labute approximate surface area is 175 Å². The summed E-state index contributed by atoms with van der Waals surface area (Å²) in [6.45, 7) is 2.04. The summed E-state index contributed by atoms with van der Waals surface area (Å²) in [5.41, 5.74) is 3.11. The number of aryl methyl sites for hydroxylation is 1. The van der Waals surface area contributed by atoms with Crippen LogP contribution in [0.4, 0.5) is 0 Å². The molecular formula is C22H23N3O4S. The molecule has 4 rings (SSSR count). The fourth-order valence-electron chi connectivity index (χ4n) is 3.68. The highest BCUT2D eigenvalue weighted by atomic mass is 32.2. The van der Waals surface area contributed by atoms with Crippen LogP contribution in [0.15, 0.2) is 58.1 Å². The Hall–Kier alpha value is -3.13. The van der Waals surface area contributed by atoms with E-state index in [1.165, 1.54) is 7.11 Å². The molecule has 4 aromatic rings. The summed E-state index contributed by atoms with van der Waals surface area (Å²) in [4.78, 5) is 4.74. The highest BCUT2D eigenvalue weighted by Gasteiger charge is 2.21. The van der Waals surface area contributed by atoms with Gasteiger partial charge in [-0.2, -0.15) is 4.98 Å². The van der Waals surface area contributed by atoms with Crippen molar-refractivity contribution < 1.29 is 17.7 Å². The molecule has 0 fully saturated rings. The van der Waals surface area contributed by atoms with Gasteiger partial charge in [0.05, 0.1) is 13.0 Å². The van der Waals surface area contributed by atoms with Crippen molar-refractivity contribution >= 4 is 20.7 Å². The van der Waals surface area contributed by atoms with Crippen molar-refractivity contribution in [3.05, 3.63) is 71.5 Å². The van der Waals surface area contributed by atoms with Crippen molar-refractivity contribution in [3.63, 3.8) is 0 Å². The molecule has 0 N–H and O–H groups in total. The molecule has 8 heteroatoms. The Bertz CT molecular complexity index is 1320. The maximum atomic E-state index is 11.9. The molecule has 0 radical (unpaired) electrons. The van der Waals surface area contributed by atoms with E-state index in [-0.39, 0.29) is 10.8 Å². The van der Waals surface area contributed by atoms with E-state index in [2.05, 4.69) is 33.0 Å². The fourth-order valence-corrected chi connectivity index (χ4v) is 4.50. The molecule has 0 amide bonds. The lowest BCUT2D eigenvalue weighted by Gasteiger charge is -2.08. The topological polar surface area (TPSA) is 87.2 Å². The third-order valence-corrected chi connectivity index (χ3v) is 6.37. The maximum absolute atomic E-state index is 11.9. The highest BCUT2D eigenvalue weighted by molar-refractivity contribution is 7.90. The van der Waals surface area contributed by atoms with Crippen LogP contribution in [-0.2, 0) is 23.3 Å². The molecule has 0 aliphatic rings. The lowest BCUT2D eigenvalue weighted by molar-refractivity contribution is 0.366. The lowest BCUT2D eigenvalue weighted by Crippen LogP contribution is -2.02. The number of hydrogen-bond acceptors (Lipinski definition) is 6. The molecule has 30 heavy (non-hydrogen) atoms. The molecule has 0 spiro atoms. The van der Waals surface area contributed by atoms with Crippen LogP contribution >= 0.6 is 0 Å². The molecule has 2 heterocycles. The lowest BCUT2D eigenvalue weighted by atomic mass is 10.0. The predicted octanol–water partition coefficient (Wildman–Crippen LogP) is 3.72. The van der Waals surface area contributed by atoms with E-state index < -0.39 is 9.84 Å². The van der Waals surface area contributed by atoms with Gasteiger partial charge in [0.15, 0.2) is 15.7 Å². The van der Waals surface area contributed by atoms with Crippen LogP contribution in [0.25, 0.3) is 10.9 Å². The number of hydrogen-bond donors (Lipinski definition) is 0. The second kappa shape index (κ2) is 7.60. The van der Waals surface area contributed by atoms with Crippen molar-refractivity contribution in [2.24, 2.45) is 7.05 Å². The first-order valence-corrected chi connectivity index (χ1v) is 11.4. The minimum absolute atomic E-state index is 0.0560. The molecule has 1 atom stereocenters. The SMILES string of the molecule is COc1cc(Cc2noc([C@@H](C)c3cn(C)c4ccccc34)n2)ccc1S(C)(=O)=O. The number of rotatable bonds is 6. The number of aromatic nitrogens is 3. The van der Waals surface area contributed by atoms with Gasteiger partial charge >= 0.3 is 0 Å². The Balaban J connectivity index is 1.60. The van der Waals surface area contributed by atoms with E-state index in [9.17, 15) is 8.42 Å². The third-order valence-electron chi connectivity index (χ3n) is 5.24. The Morgan fingerprint density at radius 2 is 1.97 bits per heavy atom. The van der Waals surface area contributed by atoms with Gasteiger partial charge in [-0.15, -0.1) is 0 Å². The number of nitrogens with zero attached hydrogens (tertiary/aromatic N) is 3. The summed E-state index contributed by atoms with van der Waals surface area (Å²) in [7, 11) is 0.104. The second-order valence-electron chi connectivity index (χ2n) is 7.42. The van der Waals surface area contributed by atoms with E-state index in [1.54, 1.807) is 18.2 Å². The standard InChI is InChI=1S/C22H23N3O4S/c1-14(17-13-25(2)18-8-6-5-7-16(17)18)22-23-21(24-29-22)12-15-9-10-20(30(4,26)27)19(11-15)28-3/h5-11,13-14H,12H2,1-4H3/t14-/m0/s1. The van der Waals surface area contributed by atoms with Gasteiger partial charge < -0.3 is 13.8 Å². The largest absolute Gasteiger partial charge is 0.495 e. The number of benzene rings is 2. The summed E-state index contributed by atoms with van der Waals surface area (Å²) < 4.78 is 36.6. The molecule has 0 aliphatic heterocycles. The smallest absolute Gasteiger partial charge is 0.233 e. The van der Waals surface area contributed by atoms with Gasteiger partial charge in [-0.3, -0.25) is 0 Å². The molecule has 0 aliphatic carbocycles. The minimum Gasteiger partial charge on any atom is -0.495 e. The van der Waals surface area contributed by atoms with Crippen LogP contribution in [0.5, 0.6) is 5.75 Å². The van der Waals surface area contributed by atoms with Gasteiger partial charge in [-0.1, -0.05) is 29.4 Å². The predicted molar refractivity (Wildman–Crippen MR) is 114 cm³/mol. The average Bonchev–Trinajstić information content (AvgIpc) is 3.31. The second-order valence-corrected chi connectivity index (χ2v) is 9.40. The van der Waals surface area contributed by atoms with Gasteiger partial charge in [0.2, 0.25) is 5.89 Å². The molecule has 7 nitrogen and oxygen atoms in total.